The van der Waals surface area contributed by atoms with Gasteiger partial charge in [0, 0.05) is 29.1 Å². The van der Waals surface area contributed by atoms with Gasteiger partial charge in [0.25, 0.3) is 0 Å². The summed E-state index contributed by atoms with van der Waals surface area (Å²) in [7, 11) is -3.90. The number of sulfonamides is 1. The summed E-state index contributed by atoms with van der Waals surface area (Å²) >= 11 is 7.44. The largest absolute Gasteiger partial charge is 0.353 e. The Morgan fingerprint density at radius 1 is 1.17 bits per heavy atom. The molecule has 29 heavy (non-hydrogen) atoms. The lowest BCUT2D eigenvalue weighted by Gasteiger charge is -2.28. The number of nitrogens with zero attached hydrogens (tertiary/aromatic N) is 1. The van der Waals surface area contributed by atoms with Crippen LogP contribution < -0.4 is 9.62 Å². The van der Waals surface area contributed by atoms with E-state index in [9.17, 15) is 22.0 Å². The molecular weight excluding hydrogens is 442 g/mol. The third-order valence-electron chi connectivity index (χ3n) is 3.97. The Bertz CT molecular complexity index is 956. The topological polar surface area (TPSA) is 66.5 Å². The number of halogens is 3. The van der Waals surface area contributed by atoms with Crippen LogP contribution >= 0.6 is 23.4 Å². The van der Waals surface area contributed by atoms with E-state index in [1.807, 2.05) is 12.1 Å². The molecular formula is C19H21ClF2N2O3S2. The number of nitrogens with one attached hydrogen (secondary N) is 1. The van der Waals surface area contributed by atoms with Crippen molar-refractivity contribution < 1.29 is 22.0 Å². The van der Waals surface area contributed by atoms with Gasteiger partial charge in [0.2, 0.25) is 15.9 Å². The summed E-state index contributed by atoms with van der Waals surface area (Å²) in [6.45, 7) is 1.72. The Balaban J connectivity index is 1.93. The highest BCUT2D eigenvalue weighted by Gasteiger charge is 2.29. The summed E-state index contributed by atoms with van der Waals surface area (Å²) in [5.74, 6) is -1.47. The maximum atomic E-state index is 13.5. The fourth-order valence-electron chi connectivity index (χ4n) is 2.60. The normalized spacial score (nSPS) is 12.4. The number of amides is 1. The maximum Gasteiger partial charge on any atom is 0.243 e. The molecule has 0 aromatic heterocycles. The van der Waals surface area contributed by atoms with Crippen LogP contribution in [0.25, 0.3) is 0 Å². The molecule has 2 rings (SSSR count). The predicted octanol–water partition coefficient (Wildman–Crippen LogP) is 3.82. The van der Waals surface area contributed by atoms with Crippen molar-refractivity contribution in [1.29, 1.82) is 0 Å². The summed E-state index contributed by atoms with van der Waals surface area (Å²) in [6, 6.07) is 9.01. The molecule has 0 aliphatic rings. The maximum absolute atomic E-state index is 13.5. The van der Waals surface area contributed by atoms with Crippen LogP contribution in [-0.4, -0.2) is 38.9 Å². The molecule has 158 valence electrons. The van der Waals surface area contributed by atoms with Gasteiger partial charge in [-0.2, -0.15) is 11.8 Å². The van der Waals surface area contributed by atoms with Gasteiger partial charge in [-0.3, -0.25) is 9.10 Å². The van der Waals surface area contributed by atoms with Gasteiger partial charge in [-0.1, -0.05) is 23.7 Å². The summed E-state index contributed by atoms with van der Waals surface area (Å²) in [5, 5.41) is 3.33. The number of rotatable bonds is 9. The number of hydrogen-bond acceptors (Lipinski definition) is 4. The summed E-state index contributed by atoms with van der Waals surface area (Å²) < 4.78 is 51.8. The van der Waals surface area contributed by atoms with E-state index in [1.54, 1.807) is 23.9 Å². The van der Waals surface area contributed by atoms with Gasteiger partial charge in [-0.05, 0) is 36.8 Å². The Morgan fingerprint density at radius 2 is 1.83 bits per heavy atom. The highest BCUT2D eigenvalue weighted by atomic mass is 35.5. The van der Waals surface area contributed by atoms with Crippen molar-refractivity contribution in [3.8, 4) is 0 Å². The monoisotopic (exact) mass is 462 g/mol. The van der Waals surface area contributed by atoms with Crippen LogP contribution in [0.5, 0.6) is 0 Å². The molecule has 5 nitrogen and oxygen atoms in total. The fourth-order valence-corrected chi connectivity index (χ4v) is 4.71. The van der Waals surface area contributed by atoms with Gasteiger partial charge in [0.05, 0.1) is 11.9 Å². The molecule has 1 amide bonds. The van der Waals surface area contributed by atoms with Gasteiger partial charge in [0.15, 0.2) is 11.6 Å². The molecule has 1 N–H and O–H groups in total. The van der Waals surface area contributed by atoms with Crippen molar-refractivity contribution in [2.45, 2.75) is 18.7 Å². The highest BCUT2D eigenvalue weighted by molar-refractivity contribution is 7.98. The van der Waals surface area contributed by atoms with E-state index in [0.29, 0.717) is 17.3 Å². The number of hydrogen-bond donors (Lipinski definition) is 1. The molecule has 0 aliphatic carbocycles. The van der Waals surface area contributed by atoms with Crippen LogP contribution in [0.15, 0.2) is 42.5 Å². The minimum atomic E-state index is -3.90. The van der Waals surface area contributed by atoms with E-state index in [0.717, 1.165) is 40.1 Å². The van der Waals surface area contributed by atoms with Gasteiger partial charge in [-0.15, -0.1) is 0 Å². The van der Waals surface area contributed by atoms with Crippen LogP contribution in [-0.2, 0) is 20.6 Å². The number of anilines is 1. The number of carbonyl (C=O) groups is 1. The Kier molecular flexibility index (Phi) is 8.30. The molecule has 1 atom stereocenters. The second-order valence-corrected chi connectivity index (χ2v) is 9.70. The van der Waals surface area contributed by atoms with Crippen LogP contribution in [0, 0.1) is 11.6 Å². The molecule has 0 bridgehead atoms. The molecule has 0 unspecified atom stereocenters. The number of thioether (sulfide) groups is 1. The van der Waals surface area contributed by atoms with E-state index in [-0.39, 0.29) is 5.69 Å². The second kappa shape index (κ2) is 10.3. The van der Waals surface area contributed by atoms with Crippen molar-refractivity contribution in [1.82, 2.24) is 5.32 Å². The molecule has 0 saturated heterocycles. The molecule has 0 fully saturated rings. The average molecular weight is 463 g/mol. The Labute approximate surface area is 178 Å². The molecule has 0 aliphatic heterocycles. The van der Waals surface area contributed by atoms with Crippen molar-refractivity contribution in [2.24, 2.45) is 0 Å². The van der Waals surface area contributed by atoms with Gasteiger partial charge in [-0.25, -0.2) is 17.2 Å². The second-order valence-electron chi connectivity index (χ2n) is 6.30. The first-order valence-corrected chi connectivity index (χ1v) is 12.0. The van der Waals surface area contributed by atoms with Crippen molar-refractivity contribution in [3.63, 3.8) is 0 Å². The zero-order valence-electron chi connectivity index (χ0n) is 15.9. The first-order chi connectivity index (χ1) is 13.6. The van der Waals surface area contributed by atoms with Gasteiger partial charge < -0.3 is 5.32 Å². The lowest BCUT2D eigenvalue weighted by atomic mass is 10.2. The van der Waals surface area contributed by atoms with Gasteiger partial charge >= 0.3 is 0 Å². The van der Waals surface area contributed by atoms with E-state index in [4.69, 9.17) is 11.6 Å². The molecule has 0 spiro atoms. The average Bonchev–Trinajstić information content (AvgIpc) is 2.64. The minimum absolute atomic E-state index is 0.119. The molecule has 0 radical (unpaired) electrons. The third-order valence-corrected chi connectivity index (χ3v) is 6.50. The lowest BCUT2D eigenvalue weighted by Crippen LogP contribution is -2.48. The van der Waals surface area contributed by atoms with Gasteiger partial charge in [0.1, 0.15) is 6.04 Å². The SMILES string of the molecule is C[C@H](C(=O)NCCSCc1ccc(Cl)cc1)N(c1ccc(F)c(F)c1)S(C)(=O)=O. The summed E-state index contributed by atoms with van der Waals surface area (Å²) in [5.41, 5.74) is 0.979. The minimum Gasteiger partial charge on any atom is -0.353 e. The zero-order valence-corrected chi connectivity index (χ0v) is 18.3. The Hall–Kier alpha value is -1.84. The molecule has 0 heterocycles. The van der Waals surface area contributed by atoms with Crippen molar-refractivity contribution >= 4 is 45.0 Å². The smallest absolute Gasteiger partial charge is 0.243 e. The van der Waals surface area contributed by atoms with E-state index >= 15 is 0 Å². The first kappa shape index (κ1) is 23.4. The van der Waals surface area contributed by atoms with Crippen LogP contribution in [0.1, 0.15) is 12.5 Å². The Morgan fingerprint density at radius 3 is 2.41 bits per heavy atom. The van der Waals surface area contributed by atoms with Crippen LogP contribution in [0.3, 0.4) is 0 Å². The van der Waals surface area contributed by atoms with E-state index in [1.165, 1.54) is 6.92 Å². The van der Waals surface area contributed by atoms with E-state index in [2.05, 4.69) is 5.32 Å². The van der Waals surface area contributed by atoms with Crippen molar-refractivity contribution in [3.05, 3.63) is 64.7 Å². The zero-order chi connectivity index (χ0) is 21.6. The standard InChI is InChI=1S/C19H21ClF2N2O3S2/c1-13(24(29(2,26)27)16-7-8-17(21)18(22)11-16)19(25)23-9-10-28-12-14-3-5-15(20)6-4-14/h3-8,11,13H,9-10,12H2,1-2H3,(H,23,25)/t13-/m1/s1. The van der Waals surface area contributed by atoms with E-state index < -0.39 is 33.6 Å². The quantitative estimate of drug-likeness (QED) is 0.575. The molecule has 2 aromatic rings. The van der Waals surface area contributed by atoms with Crippen molar-refractivity contribution in [2.75, 3.05) is 22.9 Å². The predicted molar refractivity (Wildman–Crippen MR) is 114 cm³/mol. The molecule has 2 aromatic carbocycles. The fraction of sp³-hybridized carbons (Fsp3) is 0.316. The number of carbonyl (C=O) groups excluding carboxylic acids is 1. The number of benzene rings is 2. The molecule has 10 heteroatoms. The van der Waals surface area contributed by atoms with Crippen LogP contribution in [0.4, 0.5) is 14.5 Å². The third kappa shape index (κ3) is 6.87. The first-order valence-electron chi connectivity index (χ1n) is 8.64. The summed E-state index contributed by atoms with van der Waals surface area (Å²) in [4.78, 5) is 12.4. The lowest BCUT2D eigenvalue weighted by molar-refractivity contribution is -0.121. The van der Waals surface area contributed by atoms with Crippen LogP contribution in [0.2, 0.25) is 5.02 Å². The summed E-state index contributed by atoms with van der Waals surface area (Å²) in [6.07, 6.45) is 0.903. The molecule has 0 saturated carbocycles. The highest BCUT2D eigenvalue weighted by Crippen LogP contribution is 2.23.